The molecule has 0 saturated heterocycles. The van der Waals surface area contributed by atoms with Crippen LogP contribution in [-0.2, 0) is 4.79 Å². The number of benzene rings is 2. The first-order valence-electron chi connectivity index (χ1n) is 8.25. The van der Waals surface area contributed by atoms with Crippen LogP contribution in [0.5, 0.6) is 0 Å². The SMILES string of the molecule is C=C(CC/C(C=O)=C\C)[C@H](c1ccc(C)cc1)c1ccc(N)cc1. The van der Waals surface area contributed by atoms with Crippen LogP contribution < -0.4 is 5.73 Å². The number of allylic oxidation sites excluding steroid dienone is 3. The predicted octanol–water partition coefficient (Wildman–Crippen LogP) is 5.19. The van der Waals surface area contributed by atoms with Crippen LogP contribution in [0, 0.1) is 6.92 Å². The van der Waals surface area contributed by atoms with E-state index in [0.717, 1.165) is 36.0 Å². The average Bonchev–Trinajstić information content (AvgIpc) is 2.59. The lowest BCUT2D eigenvalue weighted by Crippen LogP contribution is -2.05. The predicted molar refractivity (Wildman–Crippen MR) is 102 cm³/mol. The van der Waals surface area contributed by atoms with E-state index in [-0.39, 0.29) is 5.92 Å². The van der Waals surface area contributed by atoms with Crippen LogP contribution in [-0.4, -0.2) is 6.29 Å². The summed E-state index contributed by atoms with van der Waals surface area (Å²) < 4.78 is 0. The highest BCUT2D eigenvalue weighted by Gasteiger charge is 2.17. The summed E-state index contributed by atoms with van der Waals surface area (Å²) in [6.07, 6.45) is 4.29. The van der Waals surface area contributed by atoms with E-state index in [1.807, 2.05) is 25.1 Å². The Kier molecular flexibility index (Phi) is 6.14. The summed E-state index contributed by atoms with van der Waals surface area (Å²) in [7, 11) is 0. The van der Waals surface area contributed by atoms with E-state index in [2.05, 4.69) is 49.9 Å². The van der Waals surface area contributed by atoms with Crippen LogP contribution in [0.4, 0.5) is 5.69 Å². The Morgan fingerprint density at radius 2 is 1.58 bits per heavy atom. The second-order valence-corrected chi connectivity index (χ2v) is 6.15. The number of nitrogen functional groups attached to an aromatic ring is 1. The summed E-state index contributed by atoms with van der Waals surface area (Å²) in [6.45, 7) is 8.29. The van der Waals surface area contributed by atoms with Crippen molar-refractivity contribution < 1.29 is 4.79 Å². The van der Waals surface area contributed by atoms with Gasteiger partial charge in [-0.05, 0) is 55.5 Å². The van der Waals surface area contributed by atoms with Crippen molar-refractivity contribution >= 4 is 12.0 Å². The van der Waals surface area contributed by atoms with E-state index < -0.39 is 0 Å². The second kappa shape index (κ2) is 8.30. The van der Waals surface area contributed by atoms with Gasteiger partial charge in [0.25, 0.3) is 0 Å². The van der Waals surface area contributed by atoms with Crippen LogP contribution >= 0.6 is 0 Å². The van der Waals surface area contributed by atoms with Crippen LogP contribution in [0.15, 0.2) is 72.3 Å². The summed E-state index contributed by atoms with van der Waals surface area (Å²) in [5.41, 5.74) is 12.1. The highest BCUT2D eigenvalue weighted by Crippen LogP contribution is 2.34. The van der Waals surface area contributed by atoms with Crippen LogP contribution in [0.2, 0.25) is 0 Å². The van der Waals surface area contributed by atoms with E-state index in [1.165, 1.54) is 16.7 Å². The number of anilines is 1. The summed E-state index contributed by atoms with van der Waals surface area (Å²) >= 11 is 0. The monoisotopic (exact) mass is 319 g/mol. The van der Waals surface area contributed by atoms with Gasteiger partial charge in [-0.3, -0.25) is 4.79 Å². The van der Waals surface area contributed by atoms with Gasteiger partial charge in [0.2, 0.25) is 0 Å². The maximum absolute atomic E-state index is 11.0. The first-order valence-corrected chi connectivity index (χ1v) is 8.25. The quantitative estimate of drug-likeness (QED) is 0.330. The number of rotatable bonds is 7. The fourth-order valence-electron chi connectivity index (χ4n) is 2.83. The van der Waals surface area contributed by atoms with Gasteiger partial charge < -0.3 is 5.73 Å². The number of hydrogen-bond donors (Lipinski definition) is 1. The molecule has 124 valence electrons. The molecule has 0 fully saturated rings. The molecular formula is C22H25NO. The van der Waals surface area contributed by atoms with Gasteiger partial charge in [0.15, 0.2) is 0 Å². The van der Waals surface area contributed by atoms with E-state index >= 15 is 0 Å². The first-order chi connectivity index (χ1) is 11.5. The number of hydrogen-bond acceptors (Lipinski definition) is 2. The molecule has 2 rings (SSSR count). The minimum Gasteiger partial charge on any atom is -0.399 e. The van der Waals surface area contributed by atoms with Crippen molar-refractivity contribution in [1.29, 1.82) is 0 Å². The molecule has 0 aliphatic carbocycles. The lowest BCUT2D eigenvalue weighted by atomic mass is 9.83. The molecule has 0 spiro atoms. The third kappa shape index (κ3) is 4.45. The van der Waals surface area contributed by atoms with E-state index in [1.54, 1.807) is 0 Å². The Labute approximate surface area is 144 Å². The first kappa shape index (κ1) is 17.7. The normalized spacial score (nSPS) is 12.7. The Bertz CT molecular complexity index is 678. The largest absolute Gasteiger partial charge is 0.399 e. The molecule has 24 heavy (non-hydrogen) atoms. The minimum absolute atomic E-state index is 0.107. The minimum atomic E-state index is 0.107. The highest BCUT2D eigenvalue weighted by atomic mass is 16.1. The number of aryl methyl sites for hydroxylation is 1. The molecule has 0 unspecified atom stereocenters. The second-order valence-electron chi connectivity index (χ2n) is 6.15. The van der Waals surface area contributed by atoms with E-state index in [4.69, 9.17) is 5.73 Å². The zero-order chi connectivity index (χ0) is 17.5. The molecule has 0 aromatic heterocycles. The third-order valence-corrected chi connectivity index (χ3v) is 4.35. The zero-order valence-electron chi connectivity index (χ0n) is 14.5. The molecule has 2 aromatic carbocycles. The van der Waals surface area contributed by atoms with Crippen molar-refractivity contribution in [3.8, 4) is 0 Å². The van der Waals surface area contributed by atoms with E-state index in [0.29, 0.717) is 0 Å². The van der Waals surface area contributed by atoms with E-state index in [9.17, 15) is 4.79 Å². The Morgan fingerprint density at radius 3 is 2.08 bits per heavy atom. The molecule has 2 aromatic rings. The van der Waals surface area contributed by atoms with Gasteiger partial charge in [-0.25, -0.2) is 0 Å². The molecule has 2 N–H and O–H groups in total. The van der Waals surface area contributed by atoms with Crippen molar-refractivity contribution in [3.05, 3.63) is 89.0 Å². The summed E-state index contributed by atoms with van der Waals surface area (Å²) in [4.78, 5) is 11.0. The Hall–Kier alpha value is -2.61. The molecule has 2 nitrogen and oxygen atoms in total. The number of carbonyl (C=O) groups is 1. The Morgan fingerprint density at radius 1 is 1.04 bits per heavy atom. The van der Waals surface area contributed by atoms with Gasteiger partial charge in [-0.15, -0.1) is 0 Å². The van der Waals surface area contributed by atoms with Gasteiger partial charge in [0, 0.05) is 11.6 Å². The van der Waals surface area contributed by atoms with Crippen molar-refractivity contribution in [2.45, 2.75) is 32.6 Å². The number of carbonyl (C=O) groups excluding carboxylic acids is 1. The summed E-state index contributed by atoms with van der Waals surface area (Å²) in [5.74, 6) is 0.107. The molecule has 0 bridgehead atoms. The Balaban J connectivity index is 2.31. The summed E-state index contributed by atoms with van der Waals surface area (Å²) in [5, 5.41) is 0. The smallest absolute Gasteiger partial charge is 0.145 e. The lowest BCUT2D eigenvalue weighted by Gasteiger charge is -2.21. The molecule has 2 heteroatoms. The zero-order valence-corrected chi connectivity index (χ0v) is 14.5. The molecular weight excluding hydrogens is 294 g/mol. The van der Waals surface area contributed by atoms with Gasteiger partial charge in [-0.2, -0.15) is 0 Å². The summed E-state index contributed by atoms with van der Waals surface area (Å²) in [6, 6.07) is 16.5. The number of aldehydes is 1. The standard InChI is InChI=1S/C22H25NO/c1-4-18(15-24)8-7-17(3)22(19-9-5-16(2)6-10-19)20-11-13-21(23)14-12-20/h4-6,9-15,22H,3,7-8,23H2,1-2H3/b18-4+/t22-/m1/s1. The van der Waals surface area contributed by atoms with Crippen molar-refractivity contribution in [1.82, 2.24) is 0 Å². The van der Waals surface area contributed by atoms with Crippen LogP contribution in [0.3, 0.4) is 0 Å². The molecule has 0 amide bonds. The molecule has 0 radical (unpaired) electrons. The average molecular weight is 319 g/mol. The van der Waals surface area contributed by atoms with Gasteiger partial charge >= 0.3 is 0 Å². The number of nitrogens with two attached hydrogens (primary N) is 1. The van der Waals surface area contributed by atoms with Crippen molar-refractivity contribution in [2.24, 2.45) is 0 Å². The lowest BCUT2D eigenvalue weighted by molar-refractivity contribution is -0.105. The maximum atomic E-state index is 11.0. The van der Waals surface area contributed by atoms with Crippen molar-refractivity contribution in [3.63, 3.8) is 0 Å². The topological polar surface area (TPSA) is 43.1 Å². The van der Waals surface area contributed by atoms with Gasteiger partial charge in [0.1, 0.15) is 6.29 Å². The molecule has 0 heterocycles. The van der Waals surface area contributed by atoms with Crippen LogP contribution in [0.1, 0.15) is 42.4 Å². The van der Waals surface area contributed by atoms with Gasteiger partial charge in [-0.1, -0.05) is 60.2 Å². The molecule has 1 atom stereocenters. The molecule has 0 aliphatic rings. The fourth-order valence-corrected chi connectivity index (χ4v) is 2.83. The highest BCUT2D eigenvalue weighted by molar-refractivity contribution is 5.72. The maximum Gasteiger partial charge on any atom is 0.145 e. The molecule has 0 aliphatic heterocycles. The van der Waals surface area contributed by atoms with Crippen molar-refractivity contribution in [2.75, 3.05) is 5.73 Å². The molecule has 0 saturated carbocycles. The fraction of sp³-hybridized carbons (Fsp3) is 0.227. The third-order valence-electron chi connectivity index (χ3n) is 4.35. The van der Waals surface area contributed by atoms with Crippen LogP contribution in [0.25, 0.3) is 0 Å². The van der Waals surface area contributed by atoms with Gasteiger partial charge in [0.05, 0.1) is 0 Å².